The quantitative estimate of drug-likeness (QED) is 0.825. The molecular weight excluding hydrogens is 370 g/mol. The minimum Gasteiger partial charge on any atom is -0.351 e. The molecule has 1 aromatic carbocycles. The predicted molar refractivity (Wildman–Crippen MR) is 95.0 cm³/mol. The first-order valence-electron chi connectivity index (χ1n) is 8.67. The second-order valence-electron chi connectivity index (χ2n) is 7.24. The van der Waals surface area contributed by atoms with Crippen molar-refractivity contribution in [2.45, 2.75) is 37.1 Å². The third-order valence-corrected chi connectivity index (χ3v) is 5.91. The molecule has 1 aliphatic carbocycles. The van der Waals surface area contributed by atoms with Crippen LogP contribution in [-0.4, -0.2) is 48.9 Å². The number of carbonyl (C=O) groups excluding carboxylic acids is 2. The van der Waals surface area contributed by atoms with Gasteiger partial charge in [-0.25, -0.2) is 0 Å². The molecule has 0 aromatic heterocycles. The van der Waals surface area contributed by atoms with Crippen molar-refractivity contribution >= 4 is 27.7 Å². The Balaban J connectivity index is 1.47. The van der Waals surface area contributed by atoms with E-state index in [0.29, 0.717) is 6.54 Å². The Morgan fingerprint density at radius 3 is 2.96 bits per heavy atom. The molecular formula is C18H22BrN3O2. The molecule has 2 heterocycles. The SMILES string of the molecule is O=C(CN1CC2(CC2)c2cc(Br)ccc2C1=O)N[C@@H]1CCCNC1. The number of benzene rings is 1. The highest BCUT2D eigenvalue weighted by Gasteiger charge is 2.51. The first-order valence-corrected chi connectivity index (χ1v) is 9.46. The minimum absolute atomic E-state index is 0.0213. The fourth-order valence-electron chi connectivity index (χ4n) is 3.96. The van der Waals surface area contributed by atoms with Crippen molar-refractivity contribution in [3.8, 4) is 0 Å². The van der Waals surface area contributed by atoms with Crippen LogP contribution in [0.1, 0.15) is 41.6 Å². The number of nitrogens with one attached hydrogen (secondary N) is 2. The van der Waals surface area contributed by atoms with Crippen LogP contribution < -0.4 is 10.6 Å². The highest BCUT2D eigenvalue weighted by atomic mass is 79.9. The molecule has 1 saturated heterocycles. The third kappa shape index (κ3) is 2.97. The predicted octanol–water partition coefficient (Wildman–Crippen LogP) is 1.80. The van der Waals surface area contributed by atoms with E-state index in [1.165, 1.54) is 0 Å². The first-order chi connectivity index (χ1) is 11.6. The molecule has 6 heteroatoms. The van der Waals surface area contributed by atoms with E-state index in [0.717, 1.165) is 54.4 Å². The van der Waals surface area contributed by atoms with Gasteiger partial charge < -0.3 is 15.5 Å². The summed E-state index contributed by atoms with van der Waals surface area (Å²) < 4.78 is 1.01. The number of fused-ring (bicyclic) bond motifs is 2. The largest absolute Gasteiger partial charge is 0.351 e. The Hall–Kier alpha value is -1.40. The summed E-state index contributed by atoms with van der Waals surface area (Å²) in [4.78, 5) is 26.9. The smallest absolute Gasteiger partial charge is 0.254 e. The van der Waals surface area contributed by atoms with Crippen LogP contribution in [0.15, 0.2) is 22.7 Å². The fourth-order valence-corrected chi connectivity index (χ4v) is 4.32. The number of halogens is 1. The number of piperidine rings is 1. The van der Waals surface area contributed by atoms with E-state index in [1.54, 1.807) is 4.90 Å². The summed E-state index contributed by atoms with van der Waals surface area (Å²) in [6.07, 6.45) is 4.27. The van der Waals surface area contributed by atoms with Gasteiger partial charge in [-0.2, -0.15) is 0 Å². The molecule has 24 heavy (non-hydrogen) atoms. The van der Waals surface area contributed by atoms with E-state index in [-0.39, 0.29) is 29.8 Å². The second-order valence-corrected chi connectivity index (χ2v) is 8.16. The fraction of sp³-hybridized carbons (Fsp3) is 0.556. The van der Waals surface area contributed by atoms with Gasteiger partial charge in [0.1, 0.15) is 0 Å². The van der Waals surface area contributed by atoms with Gasteiger partial charge in [0.05, 0.1) is 6.54 Å². The number of nitrogens with zero attached hydrogens (tertiary/aromatic N) is 1. The molecule has 0 unspecified atom stereocenters. The van der Waals surface area contributed by atoms with E-state index in [1.807, 2.05) is 12.1 Å². The Morgan fingerprint density at radius 1 is 1.42 bits per heavy atom. The molecule has 0 radical (unpaired) electrons. The molecule has 2 N–H and O–H groups in total. The van der Waals surface area contributed by atoms with Crippen LogP contribution in [0.3, 0.4) is 0 Å². The summed E-state index contributed by atoms with van der Waals surface area (Å²) in [7, 11) is 0. The monoisotopic (exact) mass is 391 g/mol. The number of amides is 2. The van der Waals surface area contributed by atoms with Gasteiger partial charge >= 0.3 is 0 Å². The maximum atomic E-state index is 12.8. The van der Waals surface area contributed by atoms with Crippen molar-refractivity contribution in [1.29, 1.82) is 0 Å². The van der Waals surface area contributed by atoms with Gasteiger partial charge in [0, 0.05) is 34.6 Å². The molecule has 1 aromatic rings. The van der Waals surface area contributed by atoms with Crippen LogP contribution in [0.5, 0.6) is 0 Å². The lowest BCUT2D eigenvalue weighted by Crippen LogP contribution is -2.51. The summed E-state index contributed by atoms with van der Waals surface area (Å²) in [6.45, 7) is 2.66. The summed E-state index contributed by atoms with van der Waals surface area (Å²) in [6, 6.07) is 6.05. The maximum absolute atomic E-state index is 12.8. The normalized spacial score (nSPS) is 24.6. The van der Waals surface area contributed by atoms with Crippen LogP contribution >= 0.6 is 15.9 Å². The maximum Gasteiger partial charge on any atom is 0.254 e. The lowest BCUT2D eigenvalue weighted by molar-refractivity contribution is -0.122. The van der Waals surface area contributed by atoms with Crippen LogP contribution in [0.25, 0.3) is 0 Å². The van der Waals surface area contributed by atoms with Gasteiger partial charge in [0.2, 0.25) is 5.91 Å². The topological polar surface area (TPSA) is 61.4 Å². The van der Waals surface area contributed by atoms with Crippen molar-refractivity contribution in [1.82, 2.24) is 15.5 Å². The zero-order valence-electron chi connectivity index (χ0n) is 13.6. The molecule has 4 rings (SSSR count). The Labute approximate surface area is 150 Å². The molecule has 2 aliphatic heterocycles. The van der Waals surface area contributed by atoms with Gasteiger partial charge in [-0.15, -0.1) is 0 Å². The standard InChI is InChI=1S/C18H22BrN3O2/c19-12-3-4-14-15(8-12)18(5-6-18)11-22(17(14)24)10-16(23)21-13-2-1-7-20-9-13/h3-4,8,13,20H,1-2,5-7,9-11H2,(H,21,23)/t13-/m1/s1. The third-order valence-electron chi connectivity index (χ3n) is 5.41. The lowest BCUT2D eigenvalue weighted by atomic mass is 9.86. The summed E-state index contributed by atoms with van der Waals surface area (Å²) >= 11 is 3.51. The molecule has 1 spiro atoms. The molecule has 2 fully saturated rings. The van der Waals surface area contributed by atoms with E-state index in [2.05, 4.69) is 32.6 Å². The van der Waals surface area contributed by atoms with Crippen LogP contribution in [0, 0.1) is 0 Å². The number of carbonyl (C=O) groups is 2. The molecule has 128 valence electrons. The van der Waals surface area contributed by atoms with Crippen molar-refractivity contribution in [2.75, 3.05) is 26.2 Å². The van der Waals surface area contributed by atoms with E-state index >= 15 is 0 Å². The molecule has 2 amide bonds. The minimum atomic E-state index is -0.0478. The van der Waals surface area contributed by atoms with Crippen molar-refractivity contribution in [3.05, 3.63) is 33.8 Å². The van der Waals surface area contributed by atoms with Gasteiger partial charge in [0.15, 0.2) is 0 Å². The van der Waals surface area contributed by atoms with Crippen LogP contribution in [0.4, 0.5) is 0 Å². The van der Waals surface area contributed by atoms with Gasteiger partial charge in [-0.05, 0) is 56.0 Å². The van der Waals surface area contributed by atoms with Crippen LogP contribution in [0.2, 0.25) is 0 Å². The van der Waals surface area contributed by atoms with E-state index < -0.39 is 0 Å². The van der Waals surface area contributed by atoms with Crippen molar-refractivity contribution in [2.24, 2.45) is 0 Å². The van der Waals surface area contributed by atoms with Crippen molar-refractivity contribution < 1.29 is 9.59 Å². The number of hydrogen-bond donors (Lipinski definition) is 2. The molecule has 0 bridgehead atoms. The average molecular weight is 392 g/mol. The van der Waals surface area contributed by atoms with Gasteiger partial charge in [0.25, 0.3) is 5.91 Å². The zero-order chi connectivity index (χ0) is 16.7. The zero-order valence-corrected chi connectivity index (χ0v) is 15.2. The molecule has 3 aliphatic rings. The summed E-state index contributed by atoms with van der Waals surface area (Å²) in [5, 5.41) is 6.36. The highest BCUT2D eigenvalue weighted by Crippen LogP contribution is 2.52. The van der Waals surface area contributed by atoms with Crippen molar-refractivity contribution in [3.63, 3.8) is 0 Å². The lowest BCUT2D eigenvalue weighted by Gasteiger charge is -2.35. The first kappa shape index (κ1) is 16.1. The Kier molecular flexibility index (Phi) is 4.12. The number of hydrogen-bond acceptors (Lipinski definition) is 3. The van der Waals surface area contributed by atoms with Crippen LogP contribution in [-0.2, 0) is 10.2 Å². The Morgan fingerprint density at radius 2 is 2.25 bits per heavy atom. The average Bonchev–Trinajstić information content (AvgIpc) is 3.34. The number of rotatable bonds is 3. The molecule has 5 nitrogen and oxygen atoms in total. The molecule has 1 saturated carbocycles. The van der Waals surface area contributed by atoms with E-state index in [9.17, 15) is 9.59 Å². The molecule has 1 atom stereocenters. The highest BCUT2D eigenvalue weighted by molar-refractivity contribution is 9.10. The van der Waals surface area contributed by atoms with Gasteiger partial charge in [-0.1, -0.05) is 15.9 Å². The second kappa shape index (κ2) is 6.15. The van der Waals surface area contributed by atoms with Gasteiger partial charge in [-0.3, -0.25) is 9.59 Å². The Bertz CT molecular complexity index is 681. The summed E-state index contributed by atoms with van der Waals surface area (Å²) in [5.74, 6) is -0.0691. The summed E-state index contributed by atoms with van der Waals surface area (Å²) in [5.41, 5.74) is 1.98. The van der Waals surface area contributed by atoms with E-state index in [4.69, 9.17) is 0 Å².